The van der Waals surface area contributed by atoms with Gasteiger partial charge in [0.05, 0.1) is 11.2 Å². The Kier molecular flexibility index (Phi) is 4.88. The van der Waals surface area contributed by atoms with E-state index < -0.39 is 0 Å². The maximum Gasteiger partial charge on any atom is 0.495 e. The fraction of sp³-hybridized carbons (Fsp3) is 0.706. The fourth-order valence-corrected chi connectivity index (χ4v) is 2.56. The highest BCUT2D eigenvalue weighted by molar-refractivity contribution is 6.62. The monoisotopic (exact) mass is 304 g/mol. The topological polar surface area (TPSA) is 34.6 Å². The number of anilines is 1. The third-order valence-corrected chi connectivity index (χ3v) is 4.59. The van der Waals surface area contributed by atoms with Crippen LogP contribution in [0.2, 0.25) is 0 Å². The van der Waals surface area contributed by atoms with Crippen LogP contribution in [-0.4, -0.2) is 36.4 Å². The first-order chi connectivity index (χ1) is 10.2. The lowest BCUT2D eigenvalue weighted by Gasteiger charge is -2.32. The summed E-state index contributed by atoms with van der Waals surface area (Å²) in [5, 5.41) is 0. The fourth-order valence-electron chi connectivity index (χ4n) is 2.56. The SMILES string of the molecule is CCN(CC(C)C)c1cc(B2OC(C)(C)C(C)(C)O2)ccn1. The van der Waals surface area contributed by atoms with E-state index in [0.29, 0.717) is 5.92 Å². The van der Waals surface area contributed by atoms with E-state index in [-0.39, 0.29) is 18.3 Å². The molecule has 0 aliphatic carbocycles. The molecular formula is C17H29BN2O2. The van der Waals surface area contributed by atoms with Gasteiger partial charge in [0.1, 0.15) is 5.82 Å². The second-order valence-corrected chi connectivity index (χ2v) is 7.47. The van der Waals surface area contributed by atoms with Crippen LogP contribution < -0.4 is 10.4 Å². The predicted octanol–water partition coefficient (Wildman–Crippen LogP) is 2.86. The molecule has 1 aromatic rings. The Labute approximate surface area is 135 Å². The highest BCUT2D eigenvalue weighted by Crippen LogP contribution is 2.36. The second-order valence-electron chi connectivity index (χ2n) is 7.47. The third kappa shape index (κ3) is 3.46. The molecule has 22 heavy (non-hydrogen) atoms. The van der Waals surface area contributed by atoms with Crippen LogP contribution in [0.5, 0.6) is 0 Å². The summed E-state index contributed by atoms with van der Waals surface area (Å²) in [4.78, 5) is 6.81. The zero-order chi connectivity index (χ0) is 16.5. The van der Waals surface area contributed by atoms with Gasteiger partial charge in [0.2, 0.25) is 0 Å². The van der Waals surface area contributed by atoms with Crippen molar-refractivity contribution in [2.75, 3.05) is 18.0 Å². The summed E-state index contributed by atoms with van der Waals surface area (Å²) < 4.78 is 12.3. The van der Waals surface area contributed by atoms with Crippen molar-refractivity contribution in [1.82, 2.24) is 4.98 Å². The maximum absolute atomic E-state index is 6.13. The molecule has 122 valence electrons. The molecule has 5 heteroatoms. The van der Waals surface area contributed by atoms with Crippen LogP contribution in [0.25, 0.3) is 0 Å². The van der Waals surface area contributed by atoms with E-state index in [1.54, 1.807) is 0 Å². The minimum atomic E-state index is -0.329. The van der Waals surface area contributed by atoms with Gasteiger partial charge >= 0.3 is 7.12 Å². The van der Waals surface area contributed by atoms with Crippen LogP contribution in [0.4, 0.5) is 5.82 Å². The second kappa shape index (κ2) is 6.21. The Bertz CT molecular complexity index is 501. The molecule has 4 nitrogen and oxygen atoms in total. The van der Waals surface area contributed by atoms with Gasteiger partial charge in [-0.25, -0.2) is 4.98 Å². The summed E-state index contributed by atoms with van der Waals surface area (Å²) in [6.45, 7) is 16.8. The van der Waals surface area contributed by atoms with E-state index in [4.69, 9.17) is 9.31 Å². The first kappa shape index (κ1) is 17.3. The molecule has 0 aromatic carbocycles. The Hall–Kier alpha value is -1.07. The molecule has 0 N–H and O–H groups in total. The molecular weight excluding hydrogens is 275 g/mol. The molecule has 0 unspecified atom stereocenters. The van der Waals surface area contributed by atoms with Gasteiger partial charge in [-0.3, -0.25) is 0 Å². The first-order valence-corrected chi connectivity index (χ1v) is 8.23. The van der Waals surface area contributed by atoms with Crippen molar-refractivity contribution < 1.29 is 9.31 Å². The van der Waals surface area contributed by atoms with Crippen LogP contribution in [0.15, 0.2) is 18.3 Å². The zero-order valence-corrected chi connectivity index (χ0v) is 15.0. The normalized spacial score (nSPS) is 19.7. The van der Waals surface area contributed by atoms with E-state index in [9.17, 15) is 0 Å². The van der Waals surface area contributed by atoms with Gasteiger partial charge in [0.15, 0.2) is 0 Å². The molecule has 1 aliphatic rings. The first-order valence-electron chi connectivity index (χ1n) is 8.23. The van der Waals surface area contributed by atoms with Gasteiger partial charge in [-0.2, -0.15) is 0 Å². The van der Waals surface area contributed by atoms with Crippen LogP contribution in [0.3, 0.4) is 0 Å². The Balaban J connectivity index is 2.22. The van der Waals surface area contributed by atoms with Crippen molar-refractivity contribution >= 4 is 18.4 Å². The molecule has 0 radical (unpaired) electrons. The van der Waals surface area contributed by atoms with Crippen LogP contribution in [0, 0.1) is 5.92 Å². The highest BCUT2D eigenvalue weighted by Gasteiger charge is 2.51. The van der Waals surface area contributed by atoms with E-state index in [2.05, 4.69) is 64.4 Å². The molecule has 2 rings (SSSR count). The number of nitrogens with zero attached hydrogens (tertiary/aromatic N) is 2. The molecule has 2 heterocycles. The Morgan fingerprint density at radius 1 is 1.18 bits per heavy atom. The van der Waals surface area contributed by atoms with Crippen molar-refractivity contribution in [3.63, 3.8) is 0 Å². The quantitative estimate of drug-likeness (QED) is 0.784. The lowest BCUT2D eigenvalue weighted by atomic mass is 9.79. The number of hydrogen-bond acceptors (Lipinski definition) is 4. The number of pyridine rings is 1. The van der Waals surface area contributed by atoms with E-state index >= 15 is 0 Å². The van der Waals surface area contributed by atoms with Gasteiger partial charge in [0, 0.05) is 19.3 Å². The average molecular weight is 304 g/mol. The largest absolute Gasteiger partial charge is 0.495 e. The minimum Gasteiger partial charge on any atom is -0.399 e. The molecule has 1 saturated heterocycles. The average Bonchev–Trinajstić information content (AvgIpc) is 2.65. The molecule has 1 fully saturated rings. The third-order valence-electron chi connectivity index (χ3n) is 4.59. The summed E-state index contributed by atoms with van der Waals surface area (Å²) in [6, 6.07) is 4.07. The van der Waals surface area contributed by atoms with Crippen molar-refractivity contribution in [2.45, 2.75) is 59.7 Å². The Morgan fingerprint density at radius 2 is 1.77 bits per heavy atom. The highest BCUT2D eigenvalue weighted by atomic mass is 16.7. The van der Waals surface area contributed by atoms with Gasteiger partial charge in [-0.1, -0.05) is 13.8 Å². The van der Waals surface area contributed by atoms with Crippen molar-refractivity contribution in [3.05, 3.63) is 18.3 Å². The van der Waals surface area contributed by atoms with Crippen LogP contribution in [-0.2, 0) is 9.31 Å². The molecule has 1 aromatic heterocycles. The van der Waals surface area contributed by atoms with E-state index in [1.165, 1.54) is 0 Å². The van der Waals surface area contributed by atoms with Crippen molar-refractivity contribution in [2.24, 2.45) is 5.92 Å². The van der Waals surface area contributed by atoms with E-state index in [0.717, 1.165) is 24.4 Å². The zero-order valence-electron chi connectivity index (χ0n) is 15.0. The number of rotatable bonds is 5. The minimum absolute atomic E-state index is 0.316. The van der Waals surface area contributed by atoms with Gasteiger partial charge in [0.25, 0.3) is 0 Å². The molecule has 0 atom stereocenters. The summed E-state index contributed by atoms with van der Waals surface area (Å²) >= 11 is 0. The predicted molar refractivity (Wildman–Crippen MR) is 92.7 cm³/mol. The summed E-state index contributed by atoms with van der Waals surface area (Å²) in [7, 11) is -0.329. The lowest BCUT2D eigenvalue weighted by molar-refractivity contribution is 0.00578. The molecule has 0 spiro atoms. The smallest absolute Gasteiger partial charge is 0.399 e. The summed E-state index contributed by atoms with van der Waals surface area (Å²) in [5.74, 6) is 1.59. The van der Waals surface area contributed by atoms with Crippen molar-refractivity contribution in [3.8, 4) is 0 Å². The van der Waals surface area contributed by atoms with E-state index in [1.807, 2.05) is 12.3 Å². The molecule has 0 amide bonds. The molecule has 0 bridgehead atoms. The number of aromatic nitrogens is 1. The van der Waals surface area contributed by atoms with Gasteiger partial charge < -0.3 is 14.2 Å². The molecule has 1 aliphatic heterocycles. The summed E-state index contributed by atoms with van der Waals surface area (Å²) in [5.41, 5.74) is 0.401. The maximum atomic E-state index is 6.13. The molecule has 0 saturated carbocycles. The van der Waals surface area contributed by atoms with Gasteiger partial charge in [-0.15, -0.1) is 0 Å². The van der Waals surface area contributed by atoms with Crippen LogP contribution in [0.1, 0.15) is 48.5 Å². The number of hydrogen-bond donors (Lipinski definition) is 0. The Morgan fingerprint density at radius 3 is 2.27 bits per heavy atom. The van der Waals surface area contributed by atoms with Gasteiger partial charge in [-0.05, 0) is 58.1 Å². The van der Waals surface area contributed by atoms with Crippen molar-refractivity contribution in [1.29, 1.82) is 0 Å². The van der Waals surface area contributed by atoms with Crippen LogP contribution >= 0.6 is 0 Å². The lowest BCUT2D eigenvalue weighted by Crippen LogP contribution is -2.41. The standard InChI is InChI=1S/C17H29BN2O2/c1-8-20(12-13(2)3)15-11-14(9-10-19-15)18-21-16(4,5)17(6,7)22-18/h9-11,13H,8,12H2,1-7H3. The summed E-state index contributed by atoms with van der Waals surface area (Å²) in [6.07, 6.45) is 1.85.